The number of esters is 2. The molecule has 0 spiro atoms. The molecule has 1 unspecified atom stereocenters. The van der Waals surface area contributed by atoms with Crippen molar-refractivity contribution in [3.05, 3.63) is 59.7 Å². The van der Waals surface area contributed by atoms with Gasteiger partial charge in [-0.05, 0) is 48.9 Å². The lowest BCUT2D eigenvalue weighted by Crippen LogP contribution is -2.36. The number of hydrogen-bond donors (Lipinski definition) is 1. The minimum atomic E-state index is -4.93. The highest BCUT2D eigenvalue weighted by molar-refractivity contribution is 7.87. The summed E-state index contributed by atoms with van der Waals surface area (Å²) in [7, 11) is -4.93. The summed E-state index contributed by atoms with van der Waals surface area (Å²) >= 11 is 0. The molecule has 0 amide bonds. The molecule has 0 aliphatic heterocycles. The summed E-state index contributed by atoms with van der Waals surface area (Å²) in [5.41, 5.74) is 1.61. The molecule has 0 aliphatic rings. The van der Waals surface area contributed by atoms with Crippen LogP contribution in [0.4, 0.5) is 0 Å². The first-order valence-corrected chi connectivity index (χ1v) is 17.3. The van der Waals surface area contributed by atoms with Crippen LogP contribution >= 0.6 is 0 Å². The van der Waals surface area contributed by atoms with E-state index in [9.17, 15) is 22.6 Å². The minimum absolute atomic E-state index is 0.232. The summed E-state index contributed by atoms with van der Waals surface area (Å²) in [5.74, 6) is -1.58. The molecule has 2 aromatic carbocycles. The molecular weight excluding hydrogens is 552 g/mol. The Hall–Kier alpha value is -2.71. The van der Waals surface area contributed by atoms with Crippen LogP contribution in [0.5, 0.6) is 11.5 Å². The molecule has 0 fully saturated rings. The third-order valence-electron chi connectivity index (χ3n) is 7.45. The van der Waals surface area contributed by atoms with Crippen LogP contribution < -0.4 is 9.47 Å². The number of hydrogen-bond acceptors (Lipinski definition) is 6. The Morgan fingerprint density at radius 3 is 1.50 bits per heavy atom. The molecule has 0 saturated heterocycles. The number of carbonyl (C=O) groups is 2. The van der Waals surface area contributed by atoms with Gasteiger partial charge in [-0.1, -0.05) is 127 Å². The van der Waals surface area contributed by atoms with Gasteiger partial charge in [0.05, 0.1) is 6.42 Å². The minimum Gasteiger partial charge on any atom is -0.426 e. The predicted octanol–water partition coefficient (Wildman–Crippen LogP) is 8.43. The molecule has 1 N–H and O–H groups in total. The van der Waals surface area contributed by atoms with E-state index in [2.05, 4.69) is 13.8 Å². The molecule has 0 heterocycles. The van der Waals surface area contributed by atoms with E-state index in [1.807, 2.05) is 24.3 Å². The highest BCUT2D eigenvalue weighted by Gasteiger charge is 2.36. The topological polar surface area (TPSA) is 107 Å². The van der Waals surface area contributed by atoms with Gasteiger partial charge in [0.25, 0.3) is 10.1 Å². The number of benzene rings is 2. The number of ether oxygens (including phenoxy) is 2. The quantitative estimate of drug-likeness (QED) is 0.0624. The second-order valence-corrected chi connectivity index (χ2v) is 12.7. The molecule has 0 aromatic heterocycles. The van der Waals surface area contributed by atoms with Crippen molar-refractivity contribution in [2.45, 2.75) is 128 Å². The zero-order valence-electron chi connectivity index (χ0n) is 25.5. The van der Waals surface area contributed by atoms with Crippen molar-refractivity contribution in [2.24, 2.45) is 0 Å². The number of para-hydroxylation sites is 2. The lowest BCUT2D eigenvalue weighted by Gasteiger charge is -2.16. The van der Waals surface area contributed by atoms with Gasteiger partial charge in [-0.3, -0.25) is 14.1 Å². The van der Waals surface area contributed by atoms with Gasteiger partial charge in [0.15, 0.2) is 5.25 Å². The van der Waals surface area contributed by atoms with Crippen molar-refractivity contribution in [1.82, 2.24) is 0 Å². The van der Waals surface area contributed by atoms with Gasteiger partial charge in [0.1, 0.15) is 11.5 Å². The molecule has 7 nitrogen and oxygen atoms in total. The first-order valence-electron chi connectivity index (χ1n) is 15.8. The van der Waals surface area contributed by atoms with Gasteiger partial charge in [-0.25, -0.2) is 0 Å². The summed E-state index contributed by atoms with van der Waals surface area (Å²) < 4.78 is 45.0. The molecule has 0 bridgehead atoms. The van der Waals surface area contributed by atoms with Crippen molar-refractivity contribution in [1.29, 1.82) is 0 Å². The fraction of sp³-hybridized carbons (Fsp3) is 0.588. The number of carbonyl (C=O) groups excluding carboxylic acids is 2. The van der Waals surface area contributed by atoms with Crippen molar-refractivity contribution < 1.29 is 32.0 Å². The van der Waals surface area contributed by atoms with Crippen LogP contribution in [0.3, 0.4) is 0 Å². The van der Waals surface area contributed by atoms with Gasteiger partial charge < -0.3 is 9.47 Å². The van der Waals surface area contributed by atoms with E-state index in [-0.39, 0.29) is 5.75 Å². The Morgan fingerprint density at radius 2 is 1.05 bits per heavy atom. The third-order valence-corrected chi connectivity index (χ3v) is 8.53. The summed E-state index contributed by atoms with van der Waals surface area (Å²) in [6.45, 7) is 4.38. The van der Waals surface area contributed by atoms with Crippen LogP contribution in [-0.4, -0.2) is 30.2 Å². The second-order valence-electron chi connectivity index (χ2n) is 11.1. The number of rotatable bonds is 22. The van der Waals surface area contributed by atoms with E-state index >= 15 is 0 Å². The Morgan fingerprint density at radius 1 is 0.643 bits per heavy atom. The Bertz CT molecular complexity index is 1180. The highest BCUT2D eigenvalue weighted by atomic mass is 32.2. The average molecular weight is 603 g/mol. The van der Waals surface area contributed by atoms with E-state index in [4.69, 9.17) is 9.47 Å². The Labute approximate surface area is 253 Å². The largest absolute Gasteiger partial charge is 0.426 e. The summed E-state index contributed by atoms with van der Waals surface area (Å²) in [4.78, 5) is 25.7. The van der Waals surface area contributed by atoms with Gasteiger partial charge in [0, 0.05) is 0 Å². The Kier molecular flexibility index (Phi) is 17.1. The first-order chi connectivity index (χ1) is 20.3. The highest BCUT2D eigenvalue weighted by Crippen LogP contribution is 2.25. The molecule has 234 valence electrons. The first kappa shape index (κ1) is 35.5. The van der Waals surface area contributed by atoms with Gasteiger partial charge >= 0.3 is 11.9 Å². The van der Waals surface area contributed by atoms with Gasteiger partial charge in [-0.15, -0.1) is 0 Å². The van der Waals surface area contributed by atoms with Crippen LogP contribution in [-0.2, 0) is 32.5 Å². The molecule has 2 aromatic rings. The maximum Gasteiger partial charge on any atom is 0.332 e. The monoisotopic (exact) mass is 602 g/mol. The smallest absolute Gasteiger partial charge is 0.332 e. The maximum atomic E-state index is 12.9. The number of unbranched alkanes of at least 4 members (excludes halogenated alkanes) is 12. The van der Waals surface area contributed by atoms with Crippen molar-refractivity contribution in [3.63, 3.8) is 0 Å². The molecule has 0 aliphatic carbocycles. The molecular formula is C34H50O7S. The maximum absolute atomic E-state index is 12.9. The molecule has 0 radical (unpaired) electrons. The van der Waals surface area contributed by atoms with Crippen molar-refractivity contribution >= 4 is 22.1 Å². The summed E-state index contributed by atoms with van der Waals surface area (Å²) in [6, 6.07) is 14.0. The van der Waals surface area contributed by atoms with E-state index in [1.165, 1.54) is 51.4 Å². The summed E-state index contributed by atoms with van der Waals surface area (Å²) in [5, 5.41) is -2.09. The molecule has 2 rings (SSSR count). The molecule has 8 heteroatoms. The van der Waals surface area contributed by atoms with Gasteiger partial charge in [-0.2, -0.15) is 8.42 Å². The normalized spacial score (nSPS) is 12.2. The van der Waals surface area contributed by atoms with E-state index < -0.39 is 33.7 Å². The lowest BCUT2D eigenvalue weighted by atomic mass is 10.0. The van der Waals surface area contributed by atoms with Crippen LogP contribution in [0.1, 0.15) is 121 Å². The number of aryl methyl sites for hydroxylation is 2. The van der Waals surface area contributed by atoms with Crippen LogP contribution in [0.15, 0.2) is 48.5 Å². The van der Waals surface area contributed by atoms with Crippen LogP contribution in [0.2, 0.25) is 0 Å². The second kappa shape index (κ2) is 20.2. The molecule has 1 atom stereocenters. The van der Waals surface area contributed by atoms with Crippen LogP contribution in [0, 0.1) is 0 Å². The molecule has 0 saturated carbocycles. The van der Waals surface area contributed by atoms with Crippen LogP contribution in [0.25, 0.3) is 0 Å². The fourth-order valence-electron chi connectivity index (χ4n) is 4.97. The van der Waals surface area contributed by atoms with Crippen molar-refractivity contribution in [3.8, 4) is 11.5 Å². The third kappa shape index (κ3) is 14.0. The summed E-state index contributed by atoms with van der Waals surface area (Å²) in [6.07, 6.45) is 16.6. The van der Waals surface area contributed by atoms with Gasteiger partial charge in [0.2, 0.25) is 0 Å². The van der Waals surface area contributed by atoms with E-state index in [0.29, 0.717) is 12.2 Å². The molecule has 42 heavy (non-hydrogen) atoms. The average Bonchev–Trinajstić information content (AvgIpc) is 2.96. The Balaban J connectivity index is 1.96. The fourth-order valence-corrected chi connectivity index (χ4v) is 5.60. The van der Waals surface area contributed by atoms with E-state index in [0.717, 1.165) is 56.1 Å². The van der Waals surface area contributed by atoms with E-state index in [1.54, 1.807) is 24.3 Å². The van der Waals surface area contributed by atoms with Crippen molar-refractivity contribution in [2.75, 3.05) is 0 Å². The lowest BCUT2D eigenvalue weighted by molar-refractivity contribution is -0.140. The zero-order chi connectivity index (χ0) is 30.6. The zero-order valence-corrected chi connectivity index (χ0v) is 26.3. The predicted molar refractivity (Wildman–Crippen MR) is 168 cm³/mol. The SMILES string of the molecule is CCCCCCCCCc1ccccc1OC(=O)CC(C(=O)Oc1ccccc1CCCCCCCCC)S(=O)(=O)O. The standard InChI is InChI=1S/C34H50O7S/c1-3-5-7-9-11-13-15-21-28-23-17-19-25-30(28)40-33(35)27-32(42(37,38)39)34(36)41-31-26-20-18-24-29(31)22-16-14-12-10-8-6-4-2/h17-20,23-26,32H,3-16,21-22,27H2,1-2H3,(H,37,38,39).